The number of aromatic nitrogens is 3. The molecular weight excluding hydrogens is 225 g/mol. The standard InChI is InChI=1S/C10H10FN5O/c11-8-3-7(15-10(17)4-12)1-2-9(8)16-6-13-5-14-16/h1-3,5-6H,4,12H2,(H,15,17). The van der Waals surface area contributed by atoms with Crippen LogP contribution in [0, 0.1) is 5.82 Å². The number of anilines is 1. The number of nitrogens with one attached hydrogen (secondary N) is 1. The second-order valence-corrected chi connectivity index (χ2v) is 3.26. The maximum absolute atomic E-state index is 13.7. The van der Waals surface area contributed by atoms with Crippen molar-refractivity contribution in [3.05, 3.63) is 36.7 Å². The molecule has 17 heavy (non-hydrogen) atoms. The van der Waals surface area contributed by atoms with Crippen molar-refractivity contribution >= 4 is 11.6 Å². The molecule has 0 spiro atoms. The van der Waals surface area contributed by atoms with E-state index < -0.39 is 5.82 Å². The van der Waals surface area contributed by atoms with Gasteiger partial charge in [0.15, 0.2) is 5.82 Å². The number of rotatable bonds is 3. The van der Waals surface area contributed by atoms with E-state index in [0.717, 1.165) is 0 Å². The molecule has 3 N–H and O–H groups in total. The molecule has 1 aromatic carbocycles. The second kappa shape index (κ2) is 4.71. The number of carbonyl (C=O) groups is 1. The molecule has 0 fully saturated rings. The SMILES string of the molecule is NCC(=O)Nc1ccc(-n2cncn2)c(F)c1. The summed E-state index contributed by atoms with van der Waals surface area (Å²) in [7, 11) is 0. The van der Waals surface area contributed by atoms with Gasteiger partial charge < -0.3 is 11.1 Å². The number of carbonyl (C=O) groups excluding carboxylic acids is 1. The molecule has 7 heteroatoms. The number of amides is 1. The highest BCUT2D eigenvalue weighted by molar-refractivity contribution is 5.92. The number of benzene rings is 1. The van der Waals surface area contributed by atoms with E-state index in [-0.39, 0.29) is 18.1 Å². The van der Waals surface area contributed by atoms with Gasteiger partial charge in [-0.3, -0.25) is 4.79 Å². The quantitative estimate of drug-likeness (QED) is 0.801. The minimum absolute atomic E-state index is 0.146. The Hall–Kier alpha value is -2.28. The summed E-state index contributed by atoms with van der Waals surface area (Å²) in [5, 5.41) is 6.27. The smallest absolute Gasteiger partial charge is 0.238 e. The molecule has 2 rings (SSSR count). The van der Waals surface area contributed by atoms with Gasteiger partial charge in [-0.1, -0.05) is 0 Å². The van der Waals surface area contributed by atoms with Gasteiger partial charge in [-0.15, -0.1) is 0 Å². The third-order valence-electron chi connectivity index (χ3n) is 2.08. The third kappa shape index (κ3) is 2.45. The van der Waals surface area contributed by atoms with Gasteiger partial charge in [0.2, 0.25) is 5.91 Å². The maximum atomic E-state index is 13.7. The molecule has 0 aliphatic heterocycles. The Labute approximate surface area is 96.3 Å². The van der Waals surface area contributed by atoms with Gasteiger partial charge in [0, 0.05) is 5.69 Å². The van der Waals surface area contributed by atoms with E-state index in [0.29, 0.717) is 5.69 Å². The molecule has 1 amide bonds. The molecule has 1 heterocycles. The van der Waals surface area contributed by atoms with Crippen molar-refractivity contribution in [2.75, 3.05) is 11.9 Å². The third-order valence-corrected chi connectivity index (χ3v) is 2.08. The summed E-state index contributed by atoms with van der Waals surface area (Å²) >= 11 is 0. The summed E-state index contributed by atoms with van der Waals surface area (Å²) in [6, 6.07) is 4.26. The number of nitrogens with two attached hydrogens (primary N) is 1. The van der Waals surface area contributed by atoms with E-state index >= 15 is 0 Å². The van der Waals surface area contributed by atoms with Crippen LogP contribution in [0.25, 0.3) is 5.69 Å². The predicted octanol–water partition coefficient (Wildman–Crippen LogP) is 0.304. The van der Waals surface area contributed by atoms with Crippen molar-refractivity contribution < 1.29 is 9.18 Å². The molecule has 0 unspecified atom stereocenters. The molecule has 0 saturated carbocycles. The number of hydrogen-bond acceptors (Lipinski definition) is 4. The molecule has 88 valence electrons. The molecule has 0 aliphatic carbocycles. The van der Waals surface area contributed by atoms with Crippen LogP contribution < -0.4 is 11.1 Å². The van der Waals surface area contributed by atoms with Gasteiger partial charge in [0.1, 0.15) is 18.3 Å². The molecule has 0 aliphatic rings. The summed E-state index contributed by atoms with van der Waals surface area (Å²) in [5.41, 5.74) is 5.74. The van der Waals surface area contributed by atoms with Crippen LogP contribution in [0.15, 0.2) is 30.9 Å². The zero-order chi connectivity index (χ0) is 12.3. The highest BCUT2D eigenvalue weighted by Gasteiger charge is 2.07. The summed E-state index contributed by atoms with van der Waals surface area (Å²) in [6.07, 6.45) is 2.69. The van der Waals surface area contributed by atoms with Gasteiger partial charge in [0.25, 0.3) is 0 Å². The monoisotopic (exact) mass is 235 g/mol. The van der Waals surface area contributed by atoms with Crippen LogP contribution >= 0.6 is 0 Å². The Morgan fingerprint density at radius 1 is 1.53 bits per heavy atom. The van der Waals surface area contributed by atoms with Crippen LogP contribution in [0.4, 0.5) is 10.1 Å². The molecule has 0 radical (unpaired) electrons. The highest BCUT2D eigenvalue weighted by atomic mass is 19.1. The zero-order valence-corrected chi connectivity index (χ0v) is 8.80. The lowest BCUT2D eigenvalue weighted by molar-refractivity contribution is -0.114. The first-order chi connectivity index (χ1) is 8.20. The van der Waals surface area contributed by atoms with Crippen LogP contribution in [0.5, 0.6) is 0 Å². The number of nitrogens with zero attached hydrogens (tertiary/aromatic N) is 3. The Bertz CT molecular complexity index is 525. The fraction of sp³-hybridized carbons (Fsp3) is 0.100. The Balaban J connectivity index is 2.26. The van der Waals surface area contributed by atoms with Crippen LogP contribution in [-0.4, -0.2) is 27.2 Å². The largest absolute Gasteiger partial charge is 0.325 e. The van der Waals surface area contributed by atoms with E-state index in [9.17, 15) is 9.18 Å². The topological polar surface area (TPSA) is 85.8 Å². The summed E-state index contributed by atoms with van der Waals surface area (Å²) < 4.78 is 15.0. The van der Waals surface area contributed by atoms with Crippen LogP contribution in [0.1, 0.15) is 0 Å². The number of halogens is 1. The lowest BCUT2D eigenvalue weighted by Crippen LogP contribution is -2.21. The van der Waals surface area contributed by atoms with Gasteiger partial charge in [-0.05, 0) is 18.2 Å². The average molecular weight is 235 g/mol. The molecule has 6 nitrogen and oxygen atoms in total. The van der Waals surface area contributed by atoms with Crippen molar-refractivity contribution in [3.8, 4) is 5.69 Å². The van der Waals surface area contributed by atoms with Crippen LogP contribution in [-0.2, 0) is 4.79 Å². The Kier molecular flexibility index (Phi) is 3.10. The van der Waals surface area contributed by atoms with Crippen molar-refractivity contribution in [2.24, 2.45) is 5.73 Å². The predicted molar refractivity (Wildman–Crippen MR) is 59.0 cm³/mol. The van der Waals surface area contributed by atoms with Crippen molar-refractivity contribution in [2.45, 2.75) is 0 Å². The lowest BCUT2D eigenvalue weighted by atomic mass is 10.2. The van der Waals surface area contributed by atoms with Gasteiger partial charge >= 0.3 is 0 Å². The van der Waals surface area contributed by atoms with E-state index in [4.69, 9.17) is 5.73 Å². The Morgan fingerprint density at radius 3 is 2.94 bits per heavy atom. The molecular formula is C10H10FN5O. The van der Waals surface area contributed by atoms with E-state index in [2.05, 4.69) is 15.4 Å². The fourth-order valence-corrected chi connectivity index (χ4v) is 1.32. The maximum Gasteiger partial charge on any atom is 0.238 e. The van der Waals surface area contributed by atoms with Gasteiger partial charge in [0.05, 0.1) is 6.54 Å². The minimum atomic E-state index is -0.509. The molecule has 0 bridgehead atoms. The molecule has 1 aromatic heterocycles. The van der Waals surface area contributed by atoms with Crippen molar-refractivity contribution in [1.82, 2.24) is 14.8 Å². The lowest BCUT2D eigenvalue weighted by Gasteiger charge is -2.06. The molecule has 0 atom stereocenters. The summed E-state index contributed by atoms with van der Waals surface area (Å²) in [4.78, 5) is 14.7. The average Bonchev–Trinajstić information content (AvgIpc) is 2.82. The highest BCUT2D eigenvalue weighted by Crippen LogP contribution is 2.17. The second-order valence-electron chi connectivity index (χ2n) is 3.26. The number of hydrogen-bond donors (Lipinski definition) is 2. The van der Waals surface area contributed by atoms with Crippen LogP contribution in [0.2, 0.25) is 0 Å². The van der Waals surface area contributed by atoms with E-state index in [1.165, 1.54) is 29.5 Å². The fourth-order valence-electron chi connectivity index (χ4n) is 1.32. The van der Waals surface area contributed by atoms with Crippen molar-refractivity contribution in [1.29, 1.82) is 0 Å². The first-order valence-corrected chi connectivity index (χ1v) is 4.85. The van der Waals surface area contributed by atoms with E-state index in [1.807, 2.05) is 0 Å². The van der Waals surface area contributed by atoms with E-state index in [1.54, 1.807) is 6.07 Å². The summed E-state index contributed by atoms with van der Waals surface area (Å²) in [5.74, 6) is -0.886. The zero-order valence-electron chi connectivity index (χ0n) is 8.80. The Morgan fingerprint density at radius 2 is 2.35 bits per heavy atom. The van der Waals surface area contributed by atoms with Gasteiger partial charge in [-0.25, -0.2) is 14.1 Å². The first kappa shape index (κ1) is 11.2. The molecule has 2 aromatic rings. The normalized spacial score (nSPS) is 10.2. The first-order valence-electron chi connectivity index (χ1n) is 4.85. The molecule has 0 saturated heterocycles. The summed E-state index contributed by atoms with van der Waals surface area (Å²) in [6.45, 7) is -0.146. The minimum Gasteiger partial charge on any atom is -0.325 e. The van der Waals surface area contributed by atoms with Crippen molar-refractivity contribution in [3.63, 3.8) is 0 Å². The van der Waals surface area contributed by atoms with Gasteiger partial charge in [-0.2, -0.15) is 5.10 Å². The van der Waals surface area contributed by atoms with Crippen LogP contribution in [0.3, 0.4) is 0 Å².